The molecule has 2 heteroatoms. The molecule has 0 spiro atoms. The summed E-state index contributed by atoms with van der Waals surface area (Å²) in [6.07, 6.45) is 15.8. The van der Waals surface area contributed by atoms with E-state index in [-0.39, 0.29) is 5.92 Å². The molecular weight excluding hydrogens is 773 g/mol. The van der Waals surface area contributed by atoms with Crippen LogP contribution in [-0.4, -0.2) is 0 Å². The summed E-state index contributed by atoms with van der Waals surface area (Å²) < 4.78 is 0. The zero-order chi connectivity index (χ0) is 42.7. The molecule has 0 radical (unpaired) electrons. The lowest BCUT2D eigenvalue weighted by Crippen LogP contribution is -2.27. The van der Waals surface area contributed by atoms with Gasteiger partial charge in [-0.2, -0.15) is 0 Å². The molecule has 0 N–H and O–H groups in total. The van der Waals surface area contributed by atoms with Crippen LogP contribution in [0.3, 0.4) is 0 Å². The minimum Gasteiger partial charge on any atom is -0.314 e. The molecule has 9 aromatic rings. The fraction of sp³-hybridized carbons (Fsp3) is 0.0323. The van der Waals surface area contributed by atoms with Crippen molar-refractivity contribution >= 4 is 39.2 Å². The Morgan fingerprint density at radius 1 is 0.297 bits per heavy atom. The van der Waals surface area contributed by atoms with E-state index in [0.29, 0.717) is 5.92 Å². The van der Waals surface area contributed by atoms with Gasteiger partial charge in [0, 0.05) is 45.7 Å². The Hall–Kier alpha value is -8.20. The highest BCUT2D eigenvalue weighted by Gasteiger charge is 2.28. The number of hydrogen-bond acceptors (Lipinski definition) is 2. The molecule has 2 atom stereocenters. The molecular formula is C62H46N2. The van der Waals surface area contributed by atoms with Gasteiger partial charge in [0.2, 0.25) is 0 Å². The van der Waals surface area contributed by atoms with E-state index in [1.54, 1.807) is 0 Å². The summed E-state index contributed by atoms with van der Waals surface area (Å²) >= 11 is 0. The molecule has 0 amide bonds. The Bertz CT molecular complexity index is 3120. The predicted octanol–water partition coefficient (Wildman–Crippen LogP) is 16.9. The lowest BCUT2D eigenvalue weighted by atomic mass is 9.82. The van der Waals surface area contributed by atoms with Crippen LogP contribution in [0.15, 0.2) is 273 Å². The molecule has 0 saturated carbocycles. The van der Waals surface area contributed by atoms with Crippen molar-refractivity contribution in [1.29, 1.82) is 0 Å². The minimum absolute atomic E-state index is 0.248. The summed E-state index contributed by atoms with van der Waals surface area (Å²) in [6.45, 7) is 0. The molecule has 2 unspecified atom stereocenters. The summed E-state index contributed by atoms with van der Waals surface area (Å²) in [7, 11) is 0. The first-order valence-corrected chi connectivity index (χ1v) is 22.2. The molecule has 2 nitrogen and oxygen atoms in total. The summed E-state index contributed by atoms with van der Waals surface area (Å²) in [6, 6.07) is 81.4. The molecule has 0 heterocycles. The molecule has 0 fully saturated rings. The Labute approximate surface area is 376 Å². The third-order valence-corrected chi connectivity index (χ3v) is 12.6. The first-order chi connectivity index (χ1) is 31.7. The van der Waals surface area contributed by atoms with Crippen LogP contribution in [0, 0.1) is 11.8 Å². The van der Waals surface area contributed by atoms with Crippen molar-refractivity contribution in [2.45, 2.75) is 0 Å². The smallest absolute Gasteiger partial charge is 0.0540 e. The molecule has 0 aromatic heterocycles. The van der Waals surface area contributed by atoms with Crippen molar-refractivity contribution < 1.29 is 0 Å². The zero-order valence-electron chi connectivity index (χ0n) is 35.5. The maximum atomic E-state index is 2.43. The normalized spacial score (nSPS) is 15.1. The van der Waals surface area contributed by atoms with Crippen molar-refractivity contribution in [1.82, 2.24) is 0 Å². The van der Waals surface area contributed by atoms with Gasteiger partial charge in [0.25, 0.3) is 0 Å². The molecule has 0 saturated heterocycles. The largest absolute Gasteiger partial charge is 0.314 e. The lowest BCUT2D eigenvalue weighted by molar-refractivity contribution is 0.612. The van der Waals surface area contributed by atoms with E-state index < -0.39 is 0 Å². The Morgan fingerprint density at radius 3 is 1.30 bits per heavy atom. The van der Waals surface area contributed by atoms with Gasteiger partial charge in [-0.1, -0.05) is 200 Å². The topological polar surface area (TPSA) is 6.48 Å². The van der Waals surface area contributed by atoms with E-state index in [0.717, 1.165) is 34.0 Å². The Kier molecular flexibility index (Phi) is 10.5. The number of nitrogens with zero attached hydrogens (tertiary/aromatic N) is 2. The fourth-order valence-electron chi connectivity index (χ4n) is 9.37. The van der Waals surface area contributed by atoms with Crippen LogP contribution in [-0.2, 0) is 0 Å². The number of hydrogen-bond donors (Lipinski definition) is 0. The van der Waals surface area contributed by atoms with Crippen molar-refractivity contribution in [3.63, 3.8) is 0 Å². The van der Waals surface area contributed by atoms with Crippen LogP contribution in [0.25, 0.3) is 55.3 Å². The van der Waals surface area contributed by atoms with Crippen LogP contribution < -0.4 is 9.80 Å². The van der Waals surface area contributed by atoms with Gasteiger partial charge in [-0.25, -0.2) is 0 Å². The molecule has 2 aliphatic rings. The van der Waals surface area contributed by atoms with Crippen LogP contribution in [0.4, 0.5) is 28.4 Å². The third kappa shape index (κ3) is 7.67. The standard InChI is InChI=1S/C62H46N2/c1-4-16-45(17-5-1)48-30-36-55(37-31-48)63(61-28-14-24-51-22-10-12-26-59(51)61)56-38-32-49(33-39-56)50-34-40-57(41-35-50)64(62-29-15-25-52-23-11-13-27-60(52)62)58-43-53(46-18-6-2-7-19-46)42-54(44-58)47-20-8-3-9-21-47/h1-44,51,59H. The van der Waals surface area contributed by atoms with E-state index in [2.05, 4.69) is 277 Å². The van der Waals surface area contributed by atoms with E-state index in [9.17, 15) is 0 Å². The second-order valence-corrected chi connectivity index (χ2v) is 16.5. The van der Waals surface area contributed by atoms with Gasteiger partial charge in [0.05, 0.1) is 5.69 Å². The minimum atomic E-state index is 0.248. The summed E-state index contributed by atoms with van der Waals surface area (Å²) in [5.41, 5.74) is 16.3. The fourth-order valence-corrected chi connectivity index (χ4v) is 9.37. The molecule has 2 aliphatic carbocycles. The van der Waals surface area contributed by atoms with Gasteiger partial charge in [-0.3, -0.25) is 0 Å². The predicted molar refractivity (Wildman–Crippen MR) is 271 cm³/mol. The monoisotopic (exact) mass is 818 g/mol. The quantitative estimate of drug-likeness (QED) is 0.136. The molecule has 11 rings (SSSR count). The Balaban J connectivity index is 0.975. The SMILES string of the molecule is C1=CC2C=CC=C(N(c3ccc(-c4ccccc4)cc3)c3ccc(-c4ccc(N(c5cc(-c6ccccc6)cc(-c6ccccc6)c5)c5cccc6ccccc56)cc4)cc3)C2C=C1. The highest BCUT2D eigenvalue weighted by molar-refractivity contribution is 6.00. The molecule has 64 heavy (non-hydrogen) atoms. The maximum Gasteiger partial charge on any atom is 0.0540 e. The second kappa shape index (κ2) is 17.3. The maximum absolute atomic E-state index is 2.43. The number of rotatable bonds is 10. The summed E-state index contributed by atoms with van der Waals surface area (Å²) in [5.74, 6) is 0.575. The number of allylic oxidation sites excluding steroid dienone is 7. The first-order valence-electron chi connectivity index (χ1n) is 22.2. The van der Waals surface area contributed by atoms with Crippen molar-refractivity contribution in [3.8, 4) is 44.5 Å². The van der Waals surface area contributed by atoms with E-state index >= 15 is 0 Å². The third-order valence-electron chi connectivity index (χ3n) is 12.6. The second-order valence-electron chi connectivity index (χ2n) is 16.5. The Morgan fingerprint density at radius 2 is 0.734 bits per heavy atom. The number of fused-ring (bicyclic) bond motifs is 2. The first kappa shape index (κ1) is 38.7. The van der Waals surface area contributed by atoms with Gasteiger partial charge < -0.3 is 9.80 Å². The van der Waals surface area contributed by atoms with Crippen molar-refractivity contribution in [2.75, 3.05) is 9.80 Å². The highest BCUT2D eigenvalue weighted by atomic mass is 15.2. The van der Waals surface area contributed by atoms with Gasteiger partial charge in [-0.05, 0) is 117 Å². The number of benzene rings is 9. The van der Waals surface area contributed by atoms with Crippen LogP contribution >= 0.6 is 0 Å². The van der Waals surface area contributed by atoms with Gasteiger partial charge in [0.15, 0.2) is 0 Å². The molecule has 9 aromatic carbocycles. The average Bonchev–Trinajstić information content (AvgIpc) is 3.38. The van der Waals surface area contributed by atoms with E-state index in [1.165, 1.54) is 55.4 Å². The van der Waals surface area contributed by atoms with Gasteiger partial charge in [-0.15, -0.1) is 0 Å². The summed E-state index contributed by atoms with van der Waals surface area (Å²) in [5, 5.41) is 2.40. The summed E-state index contributed by atoms with van der Waals surface area (Å²) in [4.78, 5) is 4.85. The van der Waals surface area contributed by atoms with Crippen LogP contribution in [0.5, 0.6) is 0 Å². The van der Waals surface area contributed by atoms with E-state index in [1.807, 2.05) is 0 Å². The van der Waals surface area contributed by atoms with Crippen LogP contribution in [0.2, 0.25) is 0 Å². The van der Waals surface area contributed by atoms with Crippen LogP contribution in [0.1, 0.15) is 0 Å². The molecule has 0 aliphatic heterocycles. The zero-order valence-corrected chi connectivity index (χ0v) is 35.5. The van der Waals surface area contributed by atoms with Crippen molar-refractivity contribution in [3.05, 3.63) is 273 Å². The highest BCUT2D eigenvalue weighted by Crippen LogP contribution is 2.44. The number of anilines is 5. The molecule has 304 valence electrons. The lowest BCUT2D eigenvalue weighted by Gasteiger charge is -2.36. The average molecular weight is 819 g/mol. The van der Waals surface area contributed by atoms with Gasteiger partial charge in [0.1, 0.15) is 0 Å². The molecule has 0 bridgehead atoms. The van der Waals surface area contributed by atoms with E-state index in [4.69, 9.17) is 0 Å². The van der Waals surface area contributed by atoms with Crippen molar-refractivity contribution in [2.24, 2.45) is 11.8 Å². The van der Waals surface area contributed by atoms with Gasteiger partial charge >= 0.3 is 0 Å².